The van der Waals surface area contributed by atoms with Crippen LogP contribution in [0.2, 0.25) is 0 Å². The summed E-state index contributed by atoms with van der Waals surface area (Å²) >= 11 is 0. The van der Waals surface area contributed by atoms with Crippen LogP contribution in [0, 0.1) is 0 Å². The van der Waals surface area contributed by atoms with E-state index in [4.69, 9.17) is 14.2 Å². The van der Waals surface area contributed by atoms with Crippen molar-refractivity contribution in [3.63, 3.8) is 0 Å². The molecule has 0 unspecified atom stereocenters. The Morgan fingerprint density at radius 1 is 1.14 bits per heavy atom. The van der Waals surface area contributed by atoms with Crippen LogP contribution in [-0.4, -0.2) is 43.1 Å². The number of ether oxygens (including phenoxy) is 3. The number of hydrogen-bond donors (Lipinski definition) is 2. The van der Waals surface area contributed by atoms with E-state index in [-0.39, 0.29) is 5.69 Å². The highest BCUT2D eigenvalue weighted by Gasteiger charge is 2.11. The minimum absolute atomic E-state index is 0.288. The van der Waals surface area contributed by atoms with Gasteiger partial charge in [-0.25, -0.2) is 5.43 Å². The van der Waals surface area contributed by atoms with Crippen LogP contribution < -0.4 is 19.6 Å². The molecule has 0 aliphatic rings. The molecule has 3 rings (SSSR count). The summed E-state index contributed by atoms with van der Waals surface area (Å²) in [7, 11) is 3.13. The molecule has 0 aliphatic heterocycles. The third-order valence-electron chi connectivity index (χ3n) is 4.07. The zero-order chi connectivity index (χ0) is 20.6. The molecule has 0 fully saturated rings. The zero-order valence-electron chi connectivity index (χ0n) is 16.4. The molecule has 8 nitrogen and oxygen atoms in total. The molecule has 150 valence electrons. The van der Waals surface area contributed by atoms with Gasteiger partial charge in [0, 0.05) is 11.1 Å². The SMILES string of the molecule is CCOc1cccc(-c2cc(C(=O)N/N=C\c3cc(OC)ccc3OC)[nH]n2)c1. The minimum atomic E-state index is -0.414. The number of aromatic amines is 1. The Morgan fingerprint density at radius 2 is 2.00 bits per heavy atom. The quantitative estimate of drug-likeness (QED) is 0.451. The van der Waals surface area contributed by atoms with Crippen molar-refractivity contribution in [3.05, 3.63) is 59.8 Å². The van der Waals surface area contributed by atoms with Crippen LogP contribution in [0.25, 0.3) is 11.3 Å². The van der Waals surface area contributed by atoms with E-state index in [0.29, 0.717) is 29.4 Å². The lowest BCUT2D eigenvalue weighted by molar-refractivity contribution is 0.0950. The van der Waals surface area contributed by atoms with Crippen LogP contribution >= 0.6 is 0 Å². The summed E-state index contributed by atoms with van der Waals surface area (Å²) in [5.74, 6) is 1.60. The molecule has 3 aromatic rings. The van der Waals surface area contributed by atoms with Gasteiger partial charge in [-0.3, -0.25) is 9.89 Å². The van der Waals surface area contributed by atoms with Crippen molar-refractivity contribution in [3.8, 4) is 28.5 Å². The monoisotopic (exact) mass is 394 g/mol. The summed E-state index contributed by atoms with van der Waals surface area (Å²) in [6, 6.07) is 14.5. The summed E-state index contributed by atoms with van der Waals surface area (Å²) in [4.78, 5) is 12.3. The van der Waals surface area contributed by atoms with E-state index in [0.717, 1.165) is 11.3 Å². The van der Waals surface area contributed by atoms with Gasteiger partial charge in [-0.15, -0.1) is 0 Å². The number of carbonyl (C=O) groups is 1. The molecule has 1 aromatic heterocycles. The summed E-state index contributed by atoms with van der Waals surface area (Å²) in [6.45, 7) is 2.50. The Labute approximate surface area is 168 Å². The average molecular weight is 394 g/mol. The number of hydrazone groups is 1. The lowest BCUT2D eigenvalue weighted by Crippen LogP contribution is -2.18. The van der Waals surface area contributed by atoms with Crippen molar-refractivity contribution >= 4 is 12.1 Å². The summed E-state index contributed by atoms with van der Waals surface area (Å²) < 4.78 is 16.0. The largest absolute Gasteiger partial charge is 0.497 e. The van der Waals surface area contributed by atoms with E-state index in [2.05, 4.69) is 20.7 Å². The first-order valence-electron chi connectivity index (χ1n) is 8.98. The van der Waals surface area contributed by atoms with Crippen LogP contribution in [0.15, 0.2) is 53.6 Å². The first-order chi connectivity index (χ1) is 14.1. The molecule has 0 aliphatic carbocycles. The Bertz CT molecular complexity index is 1010. The zero-order valence-corrected chi connectivity index (χ0v) is 16.4. The fourth-order valence-corrected chi connectivity index (χ4v) is 2.66. The van der Waals surface area contributed by atoms with Gasteiger partial charge in [0.2, 0.25) is 0 Å². The van der Waals surface area contributed by atoms with Gasteiger partial charge in [0.25, 0.3) is 5.91 Å². The third-order valence-corrected chi connectivity index (χ3v) is 4.07. The number of rotatable bonds is 8. The van der Waals surface area contributed by atoms with Crippen LogP contribution in [0.4, 0.5) is 0 Å². The summed E-state index contributed by atoms with van der Waals surface area (Å²) in [6.07, 6.45) is 1.49. The van der Waals surface area contributed by atoms with Gasteiger partial charge in [-0.2, -0.15) is 10.2 Å². The third kappa shape index (κ3) is 4.92. The van der Waals surface area contributed by atoms with E-state index in [1.165, 1.54) is 6.21 Å². The second kappa shape index (κ2) is 9.41. The van der Waals surface area contributed by atoms with E-state index in [9.17, 15) is 4.79 Å². The maximum absolute atomic E-state index is 12.3. The van der Waals surface area contributed by atoms with E-state index in [1.807, 2.05) is 31.2 Å². The first-order valence-corrected chi connectivity index (χ1v) is 8.98. The van der Waals surface area contributed by atoms with Crippen molar-refractivity contribution in [2.75, 3.05) is 20.8 Å². The van der Waals surface area contributed by atoms with E-state index < -0.39 is 5.91 Å². The van der Waals surface area contributed by atoms with Crippen LogP contribution in [0.3, 0.4) is 0 Å². The standard InChI is InChI=1S/C21H22N4O4/c1-4-29-17-7-5-6-14(10-17)18-12-19(24-23-18)21(26)25-22-13-15-11-16(27-2)8-9-20(15)28-3/h5-13H,4H2,1-3H3,(H,23,24)(H,25,26)/b22-13-. The highest BCUT2D eigenvalue weighted by molar-refractivity contribution is 5.94. The molecular formula is C21H22N4O4. The highest BCUT2D eigenvalue weighted by Crippen LogP contribution is 2.23. The van der Waals surface area contributed by atoms with Crippen molar-refractivity contribution in [2.24, 2.45) is 5.10 Å². The van der Waals surface area contributed by atoms with Gasteiger partial charge < -0.3 is 14.2 Å². The second-order valence-corrected chi connectivity index (χ2v) is 5.93. The number of H-pyrrole nitrogens is 1. The van der Waals surface area contributed by atoms with Gasteiger partial charge in [0.15, 0.2) is 0 Å². The fraction of sp³-hybridized carbons (Fsp3) is 0.190. The first kappa shape index (κ1) is 19.9. The average Bonchev–Trinajstić information content (AvgIpc) is 3.24. The maximum Gasteiger partial charge on any atom is 0.289 e. The number of nitrogens with one attached hydrogen (secondary N) is 2. The second-order valence-electron chi connectivity index (χ2n) is 5.93. The van der Waals surface area contributed by atoms with E-state index >= 15 is 0 Å². The summed E-state index contributed by atoms with van der Waals surface area (Å²) in [5.41, 5.74) is 4.91. The van der Waals surface area contributed by atoms with Gasteiger partial charge in [0.1, 0.15) is 22.9 Å². The highest BCUT2D eigenvalue weighted by atomic mass is 16.5. The lowest BCUT2D eigenvalue weighted by Gasteiger charge is -2.06. The molecule has 0 spiro atoms. The summed E-state index contributed by atoms with van der Waals surface area (Å²) in [5, 5.41) is 10.9. The van der Waals surface area contributed by atoms with Crippen LogP contribution in [0.5, 0.6) is 17.2 Å². The molecule has 2 N–H and O–H groups in total. The molecule has 0 bridgehead atoms. The predicted octanol–water partition coefficient (Wildman–Crippen LogP) is 3.26. The van der Waals surface area contributed by atoms with Gasteiger partial charge in [-0.05, 0) is 43.3 Å². The van der Waals surface area contributed by atoms with Crippen molar-refractivity contribution in [1.29, 1.82) is 0 Å². The number of methoxy groups -OCH3 is 2. The maximum atomic E-state index is 12.3. The molecule has 0 saturated heterocycles. The van der Waals surface area contributed by atoms with Gasteiger partial charge >= 0.3 is 0 Å². The van der Waals surface area contributed by atoms with Crippen molar-refractivity contribution < 1.29 is 19.0 Å². The molecule has 29 heavy (non-hydrogen) atoms. The van der Waals surface area contributed by atoms with Crippen molar-refractivity contribution in [2.45, 2.75) is 6.92 Å². The van der Waals surface area contributed by atoms with Crippen LogP contribution in [-0.2, 0) is 0 Å². The van der Waals surface area contributed by atoms with Gasteiger partial charge in [-0.1, -0.05) is 12.1 Å². The predicted molar refractivity (Wildman–Crippen MR) is 110 cm³/mol. The topological polar surface area (TPSA) is 97.8 Å². The number of benzene rings is 2. The number of nitrogens with zero attached hydrogens (tertiary/aromatic N) is 2. The molecule has 0 radical (unpaired) electrons. The van der Waals surface area contributed by atoms with Crippen LogP contribution in [0.1, 0.15) is 23.0 Å². The Balaban J connectivity index is 1.70. The number of amides is 1. The number of hydrogen-bond acceptors (Lipinski definition) is 6. The smallest absolute Gasteiger partial charge is 0.289 e. The molecule has 2 aromatic carbocycles. The number of carbonyl (C=O) groups excluding carboxylic acids is 1. The Morgan fingerprint density at radius 3 is 2.76 bits per heavy atom. The fourth-order valence-electron chi connectivity index (χ4n) is 2.66. The molecular weight excluding hydrogens is 372 g/mol. The normalized spacial score (nSPS) is 10.7. The Kier molecular flexibility index (Phi) is 6.47. The lowest BCUT2D eigenvalue weighted by atomic mass is 10.1. The van der Waals surface area contributed by atoms with Crippen molar-refractivity contribution in [1.82, 2.24) is 15.6 Å². The Hall–Kier alpha value is -3.81. The molecule has 8 heteroatoms. The van der Waals surface area contributed by atoms with Gasteiger partial charge in [0.05, 0.1) is 32.7 Å². The molecule has 1 amide bonds. The molecule has 0 atom stereocenters. The number of aromatic nitrogens is 2. The molecule has 0 saturated carbocycles. The minimum Gasteiger partial charge on any atom is -0.497 e. The molecule has 1 heterocycles. The van der Waals surface area contributed by atoms with E-state index in [1.54, 1.807) is 38.5 Å².